The number of carbonyl (C=O) groups is 8. The summed E-state index contributed by atoms with van der Waals surface area (Å²) in [5.41, 5.74) is 10.8. The van der Waals surface area contributed by atoms with E-state index >= 15 is 0 Å². The first-order chi connectivity index (χ1) is 63.4. The first-order valence-electron chi connectivity index (χ1n) is 38.1. The van der Waals surface area contributed by atoms with Gasteiger partial charge in [0.1, 0.15) is 16.8 Å². The van der Waals surface area contributed by atoms with Crippen LogP contribution in [-0.2, 0) is 59.3 Å². The molecule has 12 N–H and O–H groups in total. The second-order valence-corrected chi connectivity index (χ2v) is 42.2. The van der Waals surface area contributed by atoms with E-state index < -0.39 is 64.2 Å². The molecule has 4 aliphatic rings. The second kappa shape index (κ2) is 42.3. The van der Waals surface area contributed by atoms with Crippen LogP contribution < -0.4 is 81.5 Å². The number of hydrogen-bond donors (Lipinski definition) is 12. The lowest BCUT2D eigenvalue weighted by Crippen LogP contribution is -2.34. The van der Waals surface area contributed by atoms with Crippen LogP contribution in [0.1, 0.15) is 47.9 Å². The van der Waals surface area contributed by atoms with Crippen molar-refractivity contribution in [1.29, 1.82) is 0 Å². The highest BCUT2D eigenvalue weighted by Crippen LogP contribution is 2.36. The number of anilines is 12. The van der Waals surface area contributed by atoms with Crippen molar-refractivity contribution in [3.05, 3.63) is 257 Å². The van der Waals surface area contributed by atoms with E-state index in [1.54, 1.807) is 38.4 Å². The molecule has 53 heteroatoms. The van der Waals surface area contributed by atoms with Gasteiger partial charge >= 0.3 is 24.1 Å². The number of halogens is 5. The Labute approximate surface area is 798 Å². The minimum absolute atomic E-state index is 0.0202. The Balaban J connectivity index is 0.000000151. The van der Waals surface area contributed by atoms with Crippen molar-refractivity contribution in [3.8, 4) is 0 Å². The van der Waals surface area contributed by atoms with E-state index in [-0.39, 0.29) is 113 Å². The Hall–Kier alpha value is -13.6. The highest BCUT2D eigenvalue weighted by atomic mass is 35.5. The minimum Gasteiger partial charge on any atom is -0.388 e. The van der Waals surface area contributed by atoms with Gasteiger partial charge in [0.25, 0.3) is 63.7 Å². The molecule has 10 heterocycles. The molecule has 0 bridgehead atoms. The molecule has 16 rings (SSSR count). The zero-order valence-electron chi connectivity index (χ0n) is 68.6. The Morgan fingerprint density at radius 3 is 1.07 bits per heavy atom. The third-order valence-electron chi connectivity index (χ3n) is 18.3. The van der Waals surface area contributed by atoms with Gasteiger partial charge in [0.15, 0.2) is 23.3 Å². The predicted octanol–water partition coefficient (Wildman–Crippen LogP) is 14.6. The van der Waals surface area contributed by atoms with Crippen LogP contribution in [0.25, 0.3) is 0 Å². The molecule has 0 unspecified atom stereocenters. The predicted molar refractivity (Wildman–Crippen MR) is 515 cm³/mol. The summed E-state index contributed by atoms with van der Waals surface area (Å²) >= 11 is 32.6. The van der Waals surface area contributed by atoms with E-state index in [2.05, 4.69) is 83.1 Å². The van der Waals surface area contributed by atoms with Gasteiger partial charge in [-0.15, -0.1) is 55.5 Å². The summed E-state index contributed by atoms with van der Waals surface area (Å²) in [6.07, 6.45) is 2.92. The molecule has 6 aromatic carbocycles. The van der Waals surface area contributed by atoms with Gasteiger partial charge < -0.3 is 31.9 Å². The third-order valence-corrected chi connectivity index (χ3v) is 30.8. The number of aromatic nitrogens is 4. The van der Waals surface area contributed by atoms with Crippen molar-refractivity contribution in [2.75, 3.05) is 90.8 Å². The van der Waals surface area contributed by atoms with Gasteiger partial charge in [0.05, 0.1) is 94.7 Å². The first kappa shape index (κ1) is 96.9. The van der Waals surface area contributed by atoms with E-state index in [0.717, 1.165) is 100 Å². The van der Waals surface area contributed by atoms with Crippen LogP contribution in [0, 0.1) is 0 Å². The number of thiophene rings is 4. The fourth-order valence-electron chi connectivity index (χ4n) is 12.0. The molecule has 0 saturated carbocycles. The molecule has 0 saturated heterocycles. The van der Waals surface area contributed by atoms with Crippen molar-refractivity contribution in [1.82, 2.24) is 39.1 Å². The lowest BCUT2D eigenvalue weighted by atomic mass is 10.1. The Morgan fingerprint density at radius 1 is 0.323 bits per heavy atom. The summed E-state index contributed by atoms with van der Waals surface area (Å²) in [5.74, 6) is -0.725. The molecule has 12 aromatic rings. The molecule has 0 spiro atoms. The summed E-state index contributed by atoms with van der Waals surface area (Å²) in [6, 6.07) is 50.5. The maximum Gasteiger partial charge on any atom is 0.334 e. The van der Waals surface area contributed by atoms with Crippen molar-refractivity contribution in [3.63, 3.8) is 0 Å². The Bertz CT molecular complexity index is 6930. The van der Waals surface area contributed by atoms with Crippen molar-refractivity contribution in [2.45, 2.75) is 42.5 Å². The van der Waals surface area contributed by atoms with Crippen LogP contribution in [-0.4, -0.2) is 153 Å². The number of nitrogens with one attached hydrogen (secondary N) is 12. The van der Waals surface area contributed by atoms with Gasteiger partial charge in [-0.05, 0) is 163 Å². The molecule has 0 fully saturated rings. The number of sulfonamides is 4. The monoisotopic (exact) mass is 2050 g/mol. The summed E-state index contributed by atoms with van der Waals surface area (Å²) < 4.78 is 106. The summed E-state index contributed by atoms with van der Waals surface area (Å²) in [5, 5.41) is 51.7. The normalized spacial score (nSPS) is 13.6. The Morgan fingerprint density at radius 2 is 0.684 bits per heavy atom. The van der Waals surface area contributed by atoms with Gasteiger partial charge in [-0.1, -0.05) is 107 Å². The van der Waals surface area contributed by atoms with Crippen LogP contribution >= 0.6 is 103 Å². The van der Waals surface area contributed by atoms with E-state index in [4.69, 9.17) is 58.0 Å². The van der Waals surface area contributed by atoms with Crippen LogP contribution in [0.3, 0.4) is 0 Å². The molecule has 686 valence electrons. The maximum atomic E-state index is 12.6. The molecular formula is C80H67Cl5N24O16S8. The fourth-order valence-corrected chi connectivity index (χ4v) is 21.8. The largest absolute Gasteiger partial charge is 0.388 e. The smallest absolute Gasteiger partial charge is 0.334 e. The number of nitrogens with zero attached hydrogens (tertiary/aromatic N) is 12. The molecule has 12 amide bonds. The number of rotatable bonds is 24. The van der Waals surface area contributed by atoms with Gasteiger partial charge in [0.2, 0.25) is 0 Å². The van der Waals surface area contributed by atoms with Gasteiger partial charge in [0, 0.05) is 73.4 Å². The molecule has 0 aliphatic carbocycles. The van der Waals surface area contributed by atoms with Crippen LogP contribution in [0.4, 0.5) is 87.9 Å². The number of urea groups is 4. The van der Waals surface area contributed by atoms with Crippen LogP contribution in [0.5, 0.6) is 0 Å². The number of hydrazone groups is 4. The minimum atomic E-state index is -4.08. The van der Waals surface area contributed by atoms with Crippen LogP contribution in [0.15, 0.2) is 250 Å². The van der Waals surface area contributed by atoms with Gasteiger partial charge in [-0.25, -0.2) is 86.7 Å². The standard InChI is InChI=1S/C21H17Cl2N5O4S2.C21H18ClN5O4S2.2C19H16ClN7O4S2/c1-24-13-4-2-12(3-5-13)16-11-19(29)28(26-16)17-7-6-14(10-15(17)22)25-21(30)27-34(31,32)20-9-8-18(23)33-20;1-23-14-4-2-13(3-5-14)17-12-19(28)27(25-17)16-8-6-15(7-9-16)24-21(29)26-33(30,31)20-11-10-18(22)32-20;1-21-12-4-2-3-11(9-12)13-10-17(28)27(25-13)16-7-6-15(23-24-16)22-19(29)26-33(30,31)18-8-5-14(20)32-18;1-21-12-4-2-3-11(7-12)13-8-17(28)27(25-13)16-10-22-15(9-23-16)24-19(29)26-33(30,31)18-6-5-14(20)32-18/h2-10,24H,11H2,1H3,(H2,25,27,30);2-11,23H,12H2,1H3,(H2,24,26,29);2-9,21H,10H2,1H3,(H2,22,23,26,29);2-7,9-10,21H,8H2,1H3,(H2,22,24,26,29). The summed E-state index contributed by atoms with van der Waals surface area (Å²) in [6.45, 7) is 0. The van der Waals surface area contributed by atoms with E-state index in [1.165, 1.54) is 101 Å². The molecule has 0 atom stereocenters. The zero-order valence-corrected chi connectivity index (χ0v) is 78.9. The van der Waals surface area contributed by atoms with Crippen LogP contribution in [0.2, 0.25) is 22.4 Å². The number of benzene rings is 6. The second-order valence-electron chi connectivity index (χ2n) is 27.3. The number of carbonyl (C=O) groups excluding carboxylic acids is 8. The molecular weight excluding hydrogens is 1990 g/mol. The first-order valence-corrected chi connectivity index (χ1v) is 49.2. The fraction of sp³-hybridized carbons (Fsp3) is 0.100. The zero-order chi connectivity index (χ0) is 95.2. The van der Waals surface area contributed by atoms with Crippen molar-refractivity contribution in [2.24, 2.45) is 20.4 Å². The van der Waals surface area contributed by atoms with Crippen molar-refractivity contribution >= 4 is 283 Å². The lowest BCUT2D eigenvalue weighted by Gasteiger charge is -2.15. The number of amides is 12. The average Bonchev–Trinajstić information content (AvgIpc) is 1.67. The summed E-state index contributed by atoms with van der Waals surface area (Å²) in [4.78, 5) is 106. The molecule has 4 aliphatic heterocycles. The highest BCUT2D eigenvalue weighted by Gasteiger charge is 2.34. The topological polar surface area (TPSA) is 531 Å². The van der Waals surface area contributed by atoms with E-state index in [9.17, 15) is 72.0 Å². The molecule has 40 nitrogen and oxygen atoms in total. The summed E-state index contributed by atoms with van der Waals surface area (Å²) in [7, 11) is -9.01. The van der Waals surface area contributed by atoms with Gasteiger partial charge in [-0.2, -0.15) is 35.4 Å². The van der Waals surface area contributed by atoms with Crippen molar-refractivity contribution < 1.29 is 72.0 Å². The molecule has 6 aromatic heterocycles. The average molecular weight is 2050 g/mol. The quantitative estimate of drug-likeness (QED) is 0.0267. The lowest BCUT2D eigenvalue weighted by molar-refractivity contribution is -0.117. The van der Waals surface area contributed by atoms with E-state index in [0.29, 0.717) is 44.2 Å². The highest BCUT2D eigenvalue weighted by molar-refractivity contribution is 7.93. The SMILES string of the molecule is CNc1ccc(C2=NN(c3ccc(NC(=O)NS(=O)(=O)c4ccc(Cl)s4)cc3)C(=O)C2)cc1.CNc1ccc(C2=NN(c3ccc(NC(=O)NS(=O)(=O)c4ccc(Cl)s4)cc3Cl)C(=O)C2)cc1.CNc1cccc(C2=NN(c3ccc(NC(=O)NS(=O)(=O)c4ccc(Cl)s4)nn3)C(=O)C2)c1.CNc1cccc(C2=NN(c3cnc(NC(=O)NS(=O)(=O)c4ccc(Cl)s4)cn3)C(=O)C2)c1. The van der Waals surface area contributed by atoms with Gasteiger partial charge in [-0.3, -0.25) is 29.8 Å². The molecule has 0 radical (unpaired) electrons. The third kappa shape index (κ3) is 25.0. The van der Waals surface area contributed by atoms with E-state index in [1.807, 2.05) is 130 Å². The maximum absolute atomic E-state index is 12.6. The number of hydrogen-bond acceptors (Lipinski definition) is 32. The molecule has 133 heavy (non-hydrogen) atoms. The Kier molecular flexibility index (Phi) is 30.8.